The van der Waals surface area contributed by atoms with Crippen molar-refractivity contribution in [3.63, 3.8) is 0 Å². The van der Waals surface area contributed by atoms with Crippen LogP contribution in [0.15, 0.2) is 60.7 Å². The van der Waals surface area contributed by atoms with Gasteiger partial charge in [0, 0.05) is 18.9 Å². The Labute approximate surface area is 203 Å². The molecule has 1 aliphatic rings. The van der Waals surface area contributed by atoms with Crippen LogP contribution in [0.5, 0.6) is 0 Å². The van der Waals surface area contributed by atoms with Gasteiger partial charge in [-0.3, -0.25) is 9.59 Å². The molecular formula is C29H37NO4. The molecule has 1 aliphatic carbocycles. The van der Waals surface area contributed by atoms with Gasteiger partial charge in [0.05, 0.1) is 5.92 Å². The Balaban J connectivity index is 1.79. The van der Waals surface area contributed by atoms with Crippen LogP contribution < -0.4 is 5.32 Å². The molecule has 182 valence electrons. The molecule has 3 rings (SSSR count). The lowest BCUT2D eigenvalue weighted by molar-refractivity contribution is -0.152. The molecular weight excluding hydrogens is 426 g/mol. The number of rotatable bonds is 11. The average Bonchev–Trinajstić information content (AvgIpc) is 3.30. The zero-order valence-corrected chi connectivity index (χ0v) is 20.5. The van der Waals surface area contributed by atoms with E-state index in [9.17, 15) is 14.4 Å². The SMILES string of the molecule is CCC(CC)CC(NC(C)=O)C1CC(C(=O)OC(c2ccccc2)c2ccccc2)CC1C=O. The molecule has 1 fully saturated rings. The summed E-state index contributed by atoms with van der Waals surface area (Å²) in [6.45, 7) is 5.82. The van der Waals surface area contributed by atoms with E-state index in [1.54, 1.807) is 0 Å². The van der Waals surface area contributed by atoms with Gasteiger partial charge in [-0.25, -0.2) is 0 Å². The van der Waals surface area contributed by atoms with Gasteiger partial charge in [0.25, 0.3) is 0 Å². The lowest BCUT2D eigenvalue weighted by Crippen LogP contribution is -2.42. The van der Waals surface area contributed by atoms with E-state index in [-0.39, 0.29) is 35.7 Å². The topological polar surface area (TPSA) is 72.5 Å². The number of nitrogens with one attached hydrogen (secondary N) is 1. The molecule has 0 aliphatic heterocycles. The molecule has 1 amide bonds. The highest BCUT2D eigenvalue weighted by atomic mass is 16.5. The smallest absolute Gasteiger partial charge is 0.309 e. The first-order chi connectivity index (χ1) is 16.5. The predicted octanol–water partition coefficient (Wildman–Crippen LogP) is 5.49. The molecule has 2 aromatic carbocycles. The molecule has 4 atom stereocenters. The van der Waals surface area contributed by atoms with E-state index in [4.69, 9.17) is 4.74 Å². The van der Waals surface area contributed by atoms with Crippen molar-refractivity contribution < 1.29 is 19.1 Å². The molecule has 5 nitrogen and oxygen atoms in total. The van der Waals surface area contributed by atoms with Crippen LogP contribution in [0.25, 0.3) is 0 Å². The second-order valence-corrected chi connectivity index (χ2v) is 9.50. The largest absolute Gasteiger partial charge is 0.452 e. The monoisotopic (exact) mass is 463 g/mol. The number of aldehydes is 1. The Bertz CT molecular complexity index is 886. The second kappa shape index (κ2) is 12.5. The third kappa shape index (κ3) is 6.55. The number of carbonyl (C=O) groups excluding carboxylic acids is 3. The lowest BCUT2D eigenvalue weighted by atomic mass is 9.82. The van der Waals surface area contributed by atoms with E-state index in [2.05, 4.69) is 19.2 Å². The first-order valence-electron chi connectivity index (χ1n) is 12.5. The third-order valence-corrected chi connectivity index (χ3v) is 7.26. The minimum absolute atomic E-state index is 0.0635. The van der Waals surface area contributed by atoms with E-state index in [0.717, 1.165) is 36.7 Å². The minimum Gasteiger partial charge on any atom is -0.452 e. The van der Waals surface area contributed by atoms with Crippen LogP contribution in [0.2, 0.25) is 0 Å². The first kappa shape index (κ1) is 25.7. The number of amides is 1. The van der Waals surface area contributed by atoms with Gasteiger partial charge in [-0.1, -0.05) is 87.4 Å². The zero-order valence-electron chi connectivity index (χ0n) is 20.5. The van der Waals surface area contributed by atoms with E-state index in [1.807, 2.05) is 60.7 Å². The maximum Gasteiger partial charge on any atom is 0.309 e. The van der Waals surface area contributed by atoms with Crippen LogP contribution in [-0.4, -0.2) is 24.2 Å². The summed E-state index contributed by atoms with van der Waals surface area (Å²) in [6.07, 6.45) is 4.33. The number of benzene rings is 2. The molecule has 0 aromatic heterocycles. The Morgan fingerprint density at radius 1 is 0.971 bits per heavy atom. The molecule has 34 heavy (non-hydrogen) atoms. The van der Waals surface area contributed by atoms with E-state index >= 15 is 0 Å². The van der Waals surface area contributed by atoms with Gasteiger partial charge < -0.3 is 14.8 Å². The van der Waals surface area contributed by atoms with Crippen LogP contribution in [-0.2, 0) is 19.1 Å². The van der Waals surface area contributed by atoms with Crippen LogP contribution in [0, 0.1) is 23.7 Å². The first-order valence-corrected chi connectivity index (χ1v) is 12.5. The normalized spacial score (nSPS) is 20.8. The van der Waals surface area contributed by atoms with Crippen molar-refractivity contribution in [2.45, 2.75) is 65.0 Å². The molecule has 5 heteroatoms. The highest BCUT2D eigenvalue weighted by molar-refractivity contribution is 5.75. The van der Waals surface area contributed by atoms with Gasteiger partial charge in [0.1, 0.15) is 6.29 Å². The molecule has 0 saturated heterocycles. The van der Waals surface area contributed by atoms with Gasteiger partial charge in [0.15, 0.2) is 6.10 Å². The summed E-state index contributed by atoms with van der Waals surface area (Å²) in [4.78, 5) is 37.3. The molecule has 2 aromatic rings. The summed E-state index contributed by atoms with van der Waals surface area (Å²) in [5.41, 5.74) is 1.82. The highest BCUT2D eigenvalue weighted by Gasteiger charge is 2.43. The number of ether oxygens (including phenoxy) is 1. The van der Waals surface area contributed by atoms with Gasteiger partial charge in [-0.15, -0.1) is 0 Å². The van der Waals surface area contributed by atoms with Crippen molar-refractivity contribution in [3.05, 3.63) is 71.8 Å². The molecule has 0 heterocycles. The van der Waals surface area contributed by atoms with Crippen LogP contribution in [0.1, 0.15) is 70.1 Å². The number of carbonyl (C=O) groups is 3. The van der Waals surface area contributed by atoms with Crippen molar-refractivity contribution >= 4 is 18.2 Å². The molecule has 1 N–H and O–H groups in total. The summed E-state index contributed by atoms with van der Waals surface area (Å²) in [6, 6.07) is 19.3. The number of hydrogen-bond donors (Lipinski definition) is 1. The van der Waals surface area contributed by atoms with Gasteiger partial charge in [0.2, 0.25) is 5.91 Å². The van der Waals surface area contributed by atoms with Gasteiger partial charge in [-0.2, -0.15) is 0 Å². The van der Waals surface area contributed by atoms with E-state index in [1.165, 1.54) is 6.92 Å². The fourth-order valence-electron chi connectivity index (χ4n) is 5.29. The molecule has 0 radical (unpaired) electrons. The molecule has 0 spiro atoms. The Kier molecular flexibility index (Phi) is 9.43. The van der Waals surface area contributed by atoms with Crippen molar-refractivity contribution in [1.29, 1.82) is 0 Å². The Morgan fingerprint density at radius 2 is 1.53 bits per heavy atom. The maximum absolute atomic E-state index is 13.4. The minimum atomic E-state index is -0.501. The van der Waals surface area contributed by atoms with Gasteiger partial charge in [-0.05, 0) is 42.2 Å². The Morgan fingerprint density at radius 3 is 2.00 bits per heavy atom. The van der Waals surface area contributed by atoms with Crippen molar-refractivity contribution in [3.8, 4) is 0 Å². The summed E-state index contributed by atoms with van der Waals surface area (Å²) in [5.74, 6) is -0.609. The molecule has 4 unspecified atom stereocenters. The maximum atomic E-state index is 13.4. The highest BCUT2D eigenvalue weighted by Crippen LogP contribution is 2.41. The van der Waals surface area contributed by atoms with Crippen LogP contribution in [0.3, 0.4) is 0 Å². The Hall–Kier alpha value is -2.95. The molecule has 0 bridgehead atoms. The third-order valence-electron chi connectivity index (χ3n) is 7.26. The fourth-order valence-corrected chi connectivity index (χ4v) is 5.29. The van der Waals surface area contributed by atoms with E-state index < -0.39 is 6.10 Å². The number of esters is 1. The number of hydrogen-bond acceptors (Lipinski definition) is 4. The van der Waals surface area contributed by atoms with Gasteiger partial charge >= 0.3 is 5.97 Å². The predicted molar refractivity (Wildman–Crippen MR) is 133 cm³/mol. The standard InChI is InChI=1S/C29H37NO4/c1-4-21(5-2)16-27(30-20(3)32)26-18-24(17-25(26)19-31)29(33)34-28(22-12-8-6-9-13-22)23-14-10-7-11-15-23/h6-15,19,21,24-28H,4-5,16-18H2,1-3H3,(H,30,32). The molecule has 1 saturated carbocycles. The summed E-state index contributed by atoms with van der Waals surface area (Å²) in [5, 5.41) is 3.09. The van der Waals surface area contributed by atoms with Crippen LogP contribution >= 0.6 is 0 Å². The quantitative estimate of drug-likeness (QED) is 0.353. The van der Waals surface area contributed by atoms with Crippen molar-refractivity contribution in [1.82, 2.24) is 5.32 Å². The summed E-state index contributed by atoms with van der Waals surface area (Å²) < 4.78 is 6.09. The summed E-state index contributed by atoms with van der Waals surface area (Å²) in [7, 11) is 0. The average molecular weight is 464 g/mol. The fraction of sp³-hybridized carbons (Fsp3) is 0.483. The van der Waals surface area contributed by atoms with Crippen LogP contribution in [0.4, 0.5) is 0 Å². The zero-order chi connectivity index (χ0) is 24.5. The summed E-state index contributed by atoms with van der Waals surface area (Å²) >= 11 is 0. The van der Waals surface area contributed by atoms with Crippen molar-refractivity contribution in [2.24, 2.45) is 23.7 Å². The lowest BCUT2D eigenvalue weighted by Gasteiger charge is -2.30. The van der Waals surface area contributed by atoms with Crippen molar-refractivity contribution in [2.75, 3.05) is 0 Å². The van der Waals surface area contributed by atoms with E-state index in [0.29, 0.717) is 18.8 Å². The second-order valence-electron chi connectivity index (χ2n) is 9.50.